The minimum Gasteiger partial charge on any atom is -0.476 e. The lowest BCUT2D eigenvalue weighted by Gasteiger charge is -2.15. The van der Waals surface area contributed by atoms with Crippen molar-refractivity contribution in [3.05, 3.63) is 30.3 Å². The number of hydrogen-bond acceptors (Lipinski definition) is 2. The van der Waals surface area contributed by atoms with E-state index in [9.17, 15) is 4.79 Å². The highest BCUT2D eigenvalue weighted by atomic mass is 35.5. The summed E-state index contributed by atoms with van der Waals surface area (Å²) in [5.74, 6) is -1.14. The molecule has 0 aliphatic carbocycles. The number of carboxylic acid groups (broad SMARTS) is 1. The van der Waals surface area contributed by atoms with Gasteiger partial charge in [-0.05, 0) is 35.3 Å². The van der Waals surface area contributed by atoms with Gasteiger partial charge in [-0.1, -0.05) is 18.2 Å². The Balaban J connectivity index is 0.00000169. The Bertz CT molecular complexity index is 299. The van der Waals surface area contributed by atoms with Crippen LogP contribution in [0.2, 0.25) is 0 Å². The summed E-state index contributed by atoms with van der Waals surface area (Å²) in [6.45, 7) is 0. The summed E-state index contributed by atoms with van der Waals surface area (Å²) in [7, 11) is 0. The number of aliphatic carboxylic acids is 1. The summed E-state index contributed by atoms with van der Waals surface area (Å²) in [4.78, 5) is 10.4. The van der Waals surface area contributed by atoms with Crippen LogP contribution in [0, 0.1) is 0 Å². The zero-order valence-corrected chi connectivity index (χ0v) is 8.42. The van der Waals surface area contributed by atoms with Gasteiger partial charge in [0, 0.05) is 0 Å². The van der Waals surface area contributed by atoms with Gasteiger partial charge < -0.3 is 15.3 Å². The fourth-order valence-electron chi connectivity index (χ4n) is 0.680. The molecular formula is C8H8Cl2O4. The summed E-state index contributed by atoms with van der Waals surface area (Å²) in [6, 6.07) is 8.24. The number of hydrogen-bond donors (Lipinski definition) is 1. The maximum Gasteiger partial charge on any atom is 0.381 e. The van der Waals surface area contributed by atoms with Crippen molar-refractivity contribution in [3.63, 3.8) is 0 Å². The SMILES string of the molecule is O.O=C(O)C(Cl)(Cl)Oc1ccccc1. The number of rotatable bonds is 3. The molecule has 78 valence electrons. The van der Waals surface area contributed by atoms with Crippen LogP contribution in [0.4, 0.5) is 0 Å². The fourth-order valence-corrected chi connectivity index (χ4v) is 0.858. The van der Waals surface area contributed by atoms with Crippen molar-refractivity contribution in [2.45, 2.75) is 4.52 Å². The monoisotopic (exact) mass is 238 g/mol. The van der Waals surface area contributed by atoms with Crippen molar-refractivity contribution in [3.8, 4) is 5.75 Å². The number of para-hydroxylation sites is 1. The molecule has 0 spiro atoms. The third kappa shape index (κ3) is 3.41. The summed E-state index contributed by atoms with van der Waals surface area (Å²) >= 11 is 10.7. The Morgan fingerprint density at radius 1 is 1.29 bits per heavy atom. The van der Waals surface area contributed by atoms with E-state index in [4.69, 9.17) is 33.0 Å². The molecule has 1 aromatic carbocycles. The second-order valence-electron chi connectivity index (χ2n) is 2.24. The van der Waals surface area contributed by atoms with Gasteiger partial charge in [-0.2, -0.15) is 0 Å². The molecule has 1 aromatic rings. The largest absolute Gasteiger partial charge is 0.476 e. The average Bonchev–Trinajstić information content (AvgIpc) is 2.05. The van der Waals surface area contributed by atoms with Crippen molar-refractivity contribution in [2.75, 3.05) is 0 Å². The molecule has 0 heterocycles. The highest BCUT2D eigenvalue weighted by Gasteiger charge is 2.36. The molecule has 14 heavy (non-hydrogen) atoms. The molecule has 0 unspecified atom stereocenters. The minimum atomic E-state index is -2.23. The molecule has 0 bridgehead atoms. The molecule has 0 aromatic heterocycles. The average molecular weight is 239 g/mol. The molecule has 1 rings (SSSR count). The van der Waals surface area contributed by atoms with Gasteiger partial charge in [0.25, 0.3) is 0 Å². The van der Waals surface area contributed by atoms with Crippen LogP contribution < -0.4 is 4.74 Å². The number of halogens is 2. The first-order valence-corrected chi connectivity index (χ1v) is 4.13. The van der Waals surface area contributed by atoms with Crippen LogP contribution in [0.5, 0.6) is 5.75 Å². The Labute approximate surface area is 90.3 Å². The molecule has 0 amide bonds. The Morgan fingerprint density at radius 2 is 1.79 bits per heavy atom. The third-order valence-electron chi connectivity index (χ3n) is 1.24. The van der Waals surface area contributed by atoms with Crippen molar-refractivity contribution in [2.24, 2.45) is 0 Å². The molecule has 0 radical (unpaired) electrons. The van der Waals surface area contributed by atoms with Crippen LogP contribution in [-0.4, -0.2) is 21.1 Å². The van der Waals surface area contributed by atoms with Crippen LogP contribution in [0.3, 0.4) is 0 Å². The van der Waals surface area contributed by atoms with Crippen LogP contribution in [0.25, 0.3) is 0 Å². The van der Waals surface area contributed by atoms with Crippen molar-refractivity contribution in [1.29, 1.82) is 0 Å². The van der Waals surface area contributed by atoms with E-state index in [1.807, 2.05) is 0 Å². The molecule has 4 nitrogen and oxygen atoms in total. The Morgan fingerprint density at radius 3 is 2.21 bits per heavy atom. The van der Waals surface area contributed by atoms with Gasteiger partial charge in [0.2, 0.25) is 0 Å². The van der Waals surface area contributed by atoms with Crippen LogP contribution in [0.1, 0.15) is 0 Å². The number of benzene rings is 1. The van der Waals surface area contributed by atoms with E-state index in [0.717, 1.165) is 0 Å². The summed E-state index contributed by atoms with van der Waals surface area (Å²) in [5.41, 5.74) is 0. The van der Waals surface area contributed by atoms with E-state index >= 15 is 0 Å². The predicted octanol–water partition coefficient (Wildman–Crippen LogP) is 1.46. The van der Waals surface area contributed by atoms with E-state index < -0.39 is 10.5 Å². The first kappa shape index (κ1) is 13.0. The van der Waals surface area contributed by atoms with Crippen LogP contribution in [-0.2, 0) is 4.79 Å². The lowest BCUT2D eigenvalue weighted by Crippen LogP contribution is -2.32. The molecule has 0 aliphatic heterocycles. The van der Waals surface area contributed by atoms with Crippen LogP contribution >= 0.6 is 23.2 Å². The van der Waals surface area contributed by atoms with Gasteiger partial charge in [0.15, 0.2) is 0 Å². The van der Waals surface area contributed by atoms with Crippen LogP contribution in [0.15, 0.2) is 30.3 Å². The summed E-state index contributed by atoms with van der Waals surface area (Å²) in [6.07, 6.45) is 0. The standard InChI is InChI=1S/C8H6Cl2O3.H2O/c9-8(10,7(11)12)13-6-4-2-1-3-5-6;/h1-5H,(H,11,12);1H2. The highest BCUT2D eigenvalue weighted by molar-refractivity contribution is 6.56. The van der Waals surface area contributed by atoms with E-state index in [0.29, 0.717) is 5.75 Å². The lowest BCUT2D eigenvalue weighted by molar-refractivity contribution is -0.143. The Kier molecular flexibility index (Phi) is 4.70. The van der Waals surface area contributed by atoms with Gasteiger partial charge in [-0.3, -0.25) is 0 Å². The first-order chi connectivity index (χ1) is 6.02. The molecular weight excluding hydrogens is 231 g/mol. The third-order valence-corrected chi connectivity index (χ3v) is 1.72. The van der Waals surface area contributed by atoms with Gasteiger partial charge in [0.05, 0.1) is 0 Å². The van der Waals surface area contributed by atoms with E-state index in [1.165, 1.54) is 0 Å². The van der Waals surface area contributed by atoms with E-state index in [2.05, 4.69) is 0 Å². The lowest BCUT2D eigenvalue weighted by atomic mass is 10.3. The summed E-state index contributed by atoms with van der Waals surface area (Å²) in [5, 5.41) is 8.51. The van der Waals surface area contributed by atoms with E-state index in [-0.39, 0.29) is 5.48 Å². The maximum absolute atomic E-state index is 10.4. The molecule has 0 saturated carbocycles. The smallest absolute Gasteiger partial charge is 0.381 e. The van der Waals surface area contributed by atoms with Gasteiger partial charge in [0.1, 0.15) is 5.75 Å². The predicted molar refractivity (Wildman–Crippen MR) is 52.8 cm³/mol. The van der Waals surface area contributed by atoms with Crippen molar-refractivity contribution < 1.29 is 20.1 Å². The molecule has 0 atom stereocenters. The zero-order chi connectivity index (χ0) is 9.90. The number of alkyl halides is 2. The zero-order valence-electron chi connectivity index (χ0n) is 6.91. The topological polar surface area (TPSA) is 78.0 Å². The summed E-state index contributed by atoms with van der Waals surface area (Å²) < 4.78 is 2.56. The first-order valence-electron chi connectivity index (χ1n) is 3.37. The number of carboxylic acids is 1. The molecule has 0 fully saturated rings. The molecule has 0 saturated heterocycles. The maximum atomic E-state index is 10.4. The minimum absolute atomic E-state index is 0. The second kappa shape index (κ2) is 5.05. The normalized spacial score (nSPS) is 10.1. The Hall–Kier alpha value is -0.970. The van der Waals surface area contributed by atoms with E-state index in [1.54, 1.807) is 30.3 Å². The quantitative estimate of drug-likeness (QED) is 0.811. The van der Waals surface area contributed by atoms with Crippen molar-refractivity contribution >= 4 is 29.2 Å². The van der Waals surface area contributed by atoms with Gasteiger partial charge >= 0.3 is 10.5 Å². The molecule has 6 heteroatoms. The number of carbonyl (C=O) groups is 1. The fraction of sp³-hybridized carbons (Fsp3) is 0.125. The van der Waals surface area contributed by atoms with Gasteiger partial charge in [-0.25, -0.2) is 4.79 Å². The molecule has 3 N–H and O–H groups in total. The molecule has 0 aliphatic rings. The highest BCUT2D eigenvalue weighted by Crippen LogP contribution is 2.25. The van der Waals surface area contributed by atoms with Crippen molar-refractivity contribution in [1.82, 2.24) is 0 Å². The number of ether oxygens (including phenoxy) is 1. The second-order valence-corrected chi connectivity index (χ2v) is 3.50. The van der Waals surface area contributed by atoms with Gasteiger partial charge in [-0.15, -0.1) is 0 Å².